The molecule has 0 amide bonds. The number of anilines is 1. The van der Waals surface area contributed by atoms with Gasteiger partial charge < -0.3 is 5.73 Å². The fourth-order valence-electron chi connectivity index (χ4n) is 2.33. The quantitative estimate of drug-likeness (QED) is 0.590. The lowest BCUT2D eigenvalue weighted by atomic mass is 10.1. The van der Waals surface area contributed by atoms with Crippen molar-refractivity contribution < 1.29 is 4.92 Å². The van der Waals surface area contributed by atoms with Gasteiger partial charge in [0.05, 0.1) is 16.2 Å². The number of aromatic nitrogens is 2. The predicted molar refractivity (Wildman–Crippen MR) is 84.8 cm³/mol. The van der Waals surface area contributed by atoms with Gasteiger partial charge in [0.15, 0.2) is 0 Å². The van der Waals surface area contributed by atoms with Gasteiger partial charge in [-0.2, -0.15) is 10.4 Å². The average molecular weight is 305 g/mol. The number of hydrogen-bond donors (Lipinski definition) is 1. The molecule has 0 saturated carbocycles. The summed E-state index contributed by atoms with van der Waals surface area (Å²) in [5.41, 5.74) is 7.14. The van der Waals surface area contributed by atoms with Crippen LogP contribution in [0.4, 0.5) is 11.5 Å². The number of nitriles is 1. The fraction of sp³-hybridized carbons (Fsp3) is 0. The van der Waals surface area contributed by atoms with E-state index in [0.29, 0.717) is 5.69 Å². The van der Waals surface area contributed by atoms with Crippen LogP contribution in [0, 0.1) is 21.4 Å². The number of nitro groups is 1. The molecule has 0 bridgehead atoms. The Morgan fingerprint density at radius 1 is 1.13 bits per heavy atom. The highest BCUT2D eigenvalue weighted by molar-refractivity contribution is 5.79. The zero-order valence-corrected chi connectivity index (χ0v) is 11.9. The van der Waals surface area contributed by atoms with Crippen LogP contribution in [0.25, 0.3) is 16.9 Å². The number of nitrogens with zero attached hydrogens (tertiary/aromatic N) is 4. The first-order valence-electron chi connectivity index (χ1n) is 6.71. The fourth-order valence-corrected chi connectivity index (χ4v) is 2.33. The van der Waals surface area contributed by atoms with E-state index in [0.717, 1.165) is 0 Å². The Labute approximate surface area is 131 Å². The maximum absolute atomic E-state index is 11.2. The molecule has 0 atom stereocenters. The summed E-state index contributed by atoms with van der Waals surface area (Å²) in [4.78, 5) is 10.7. The van der Waals surface area contributed by atoms with E-state index in [1.165, 1.54) is 10.7 Å². The highest BCUT2D eigenvalue weighted by Gasteiger charge is 2.23. The molecule has 3 rings (SSSR count). The van der Waals surface area contributed by atoms with E-state index >= 15 is 0 Å². The standard InChI is InChI=1S/C16H11N5O2/c17-10-13-15(12-8-4-5-9-14(12)21(22)23)19-20(16(13)18)11-6-2-1-3-7-11/h1-9H,18H2. The van der Waals surface area contributed by atoms with Gasteiger partial charge in [0.1, 0.15) is 23.1 Å². The molecule has 0 aliphatic rings. The minimum absolute atomic E-state index is 0.114. The van der Waals surface area contributed by atoms with Crippen molar-refractivity contribution in [1.29, 1.82) is 5.26 Å². The Kier molecular flexibility index (Phi) is 3.49. The summed E-state index contributed by atoms with van der Waals surface area (Å²) >= 11 is 0. The summed E-state index contributed by atoms with van der Waals surface area (Å²) < 4.78 is 1.41. The molecule has 0 radical (unpaired) electrons. The lowest BCUT2D eigenvalue weighted by Gasteiger charge is -2.02. The van der Waals surface area contributed by atoms with Crippen molar-refractivity contribution in [3.8, 4) is 23.0 Å². The van der Waals surface area contributed by atoms with E-state index in [4.69, 9.17) is 5.73 Å². The molecule has 0 unspecified atom stereocenters. The Hall–Kier alpha value is -3.66. The number of hydrogen-bond acceptors (Lipinski definition) is 5. The number of para-hydroxylation sites is 2. The van der Waals surface area contributed by atoms with E-state index in [1.807, 2.05) is 24.3 Å². The monoisotopic (exact) mass is 305 g/mol. The van der Waals surface area contributed by atoms with E-state index in [-0.39, 0.29) is 28.3 Å². The molecular weight excluding hydrogens is 294 g/mol. The molecule has 7 nitrogen and oxygen atoms in total. The highest BCUT2D eigenvalue weighted by atomic mass is 16.6. The van der Waals surface area contributed by atoms with Crippen LogP contribution in [0.15, 0.2) is 54.6 Å². The third-order valence-corrected chi connectivity index (χ3v) is 3.39. The SMILES string of the molecule is N#Cc1c(-c2ccccc2[N+](=O)[O-])nn(-c2ccccc2)c1N. The van der Waals surface area contributed by atoms with Crippen LogP contribution in [0.1, 0.15) is 5.56 Å². The molecule has 0 fully saturated rings. The summed E-state index contributed by atoms with van der Waals surface area (Å²) in [6.07, 6.45) is 0. The number of rotatable bonds is 3. The van der Waals surface area contributed by atoms with Gasteiger partial charge in [-0.1, -0.05) is 30.3 Å². The van der Waals surface area contributed by atoms with Gasteiger partial charge in [-0.05, 0) is 18.2 Å². The lowest BCUT2D eigenvalue weighted by Crippen LogP contribution is -2.02. The predicted octanol–water partition coefficient (Wildman–Crippen LogP) is 2.90. The Morgan fingerprint density at radius 3 is 2.43 bits per heavy atom. The Balaban J connectivity index is 2.27. The molecule has 2 N–H and O–H groups in total. The van der Waals surface area contributed by atoms with Crippen molar-refractivity contribution in [3.05, 3.63) is 70.3 Å². The second-order valence-corrected chi connectivity index (χ2v) is 4.74. The Morgan fingerprint density at radius 2 is 1.78 bits per heavy atom. The van der Waals surface area contributed by atoms with Crippen LogP contribution in [-0.2, 0) is 0 Å². The van der Waals surface area contributed by atoms with Crippen molar-refractivity contribution in [1.82, 2.24) is 9.78 Å². The second-order valence-electron chi connectivity index (χ2n) is 4.74. The van der Waals surface area contributed by atoms with Gasteiger partial charge in [0.2, 0.25) is 0 Å². The largest absolute Gasteiger partial charge is 0.382 e. The maximum atomic E-state index is 11.2. The smallest absolute Gasteiger partial charge is 0.278 e. The van der Waals surface area contributed by atoms with Crippen LogP contribution >= 0.6 is 0 Å². The van der Waals surface area contributed by atoms with Gasteiger partial charge in [-0.3, -0.25) is 10.1 Å². The molecule has 112 valence electrons. The van der Waals surface area contributed by atoms with Crippen LogP contribution in [0.3, 0.4) is 0 Å². The van der Waals surface area contributed by atoms with Crippen molar-refractivity contribution in [2.24, 2.45) is 0 Å². The normalized spacial score (nSPS) is 10.2. The first-order valence-corrected chi connectivity index (χ1v) is 6.71. The Bertz CT molecular complexity index is 925. The first kappa shape index (κ1) is 14.3. The number of nitro benzene ring substituents is 1. The van der Waals surface area contributed by atoms with Gasteiger partial charge in [-0.15, -0.1) is 0 Å². The second kappa shape index (κ2) is 5.61. The minimum atomic E-state index is -0.506. The third kappa shape index (κ3) is 2.38. The molecular formula is C16H11N5O2. The van der Waals surface area contributed by atoms with Gasteiger partial charge in [0, 0.05) is 6.07 Å². The molecule has 7 heteroatoms. The summed E-state index contributed by atoms with van der Waals surface area (Å²) in [5, 5.41) is 24.9. The zero-order chi connectivity index (χ0) is 16.4. The molecule has 0 saturated heterocycles. The maximum Gasteiger partial charge on any atom is 0.278 e. The molecule has 23 heavy (non-hydrogen) atoms. The zero-order valence-electron chi connectivity index (χ0n) is 11.9. The summed E-state index contributed by atoms with van der Waals surface area (Å²) in [5.74, 6) is 0.145. The van der Waals surface area contributed by atoms with Crippen LogP contribution < -0.4 is 5.73 Å². The molecule has 1 aromatic heterocycles. The van der Waals surface area contributed by atoms with E-state index in [2.05, 4.69) is 5.10 Å². The molecule has 0 aliphatic carbocycles. The molecule has 1 heterocycles. The van der Waals surface area contributed by atoms with Crippen LogP contribution in [0.5, 0.6) is 0 Å². The molecule has 0 spiro atoms. The number of nitrogens with two attached hydrogens (primary N) is 1. The van der Waals surface area contributed by atoms with E-state index < -0.39 is 4.92 Å². The van der Waals surface area contributed by atoms with Crippen molar-refractivity contribution in [3.63, 3.8) is 0 Å². The minimum Gasteiger partial charge on any atom is -0.382 e. The molecule has 2 aromatic carbocycles. The van der Waals surface area contributed by atoms with Gasteiger partial charge in [-0.25, -0.2) is 4.68 Å². The third-order valence-electron chi connectivity index (χ3n) is 3.39. The van der Waals surface area contributed by atoms with Crippen molar-refractivity contribution in [2.45, 2.75) is 0 Å². The number of benzene rings is 2. The van der Waals surface area contributed by atoms with Crippen LogP contribution in [0.2, 0.25) is 0 Å². The van der Waals surface area contributed by atoms with Crippen LogP contribution in [-0.4, -0.2) is 14.7 Å². The topological polar surface area (TPSA) is 111 Å². The molecule has 0 aliphatic heterocycles. The molecule has 3 aromatic rings. The first-order chi connectivity index (χ1) is 11.1. The van der Waals surface area contributed by atoms with E-state index in [9.17, 15) is 15.4 Å². The summed E-state index contributed by atoms with van der Waals surface area (Å²) in [6, 6.07) is 17.2. The van der Waals surface area contributed by atoms with E-state index in [1.54, 1.807) is 30.3 Å². The summed E-state index contributed by atoms with van der Waals surface area (Å²) in [7, 11) is 0. The van der Waals surface area contributed by atoms with Crippen molar-refractivity contribution >= 4 is 11.5 Å². The van der Waals surface area contributed by atoms with Gasteiger partial charge >= 0.3 is 0 Å². The van der Waals surface area contributed by atoms with Crippen molar-refractivity contribution in [2.75, 3.05) is 5.73 Å². The summed E-state index contributed by atoms with van der Waals surface area (Å²) in [6.45, 7) is 0. The average Bonchev–Trinajstić information content (AvgIpc) is 2.92. The van der Waals surface area contributed by atoms with Gasteiger partial charge in [0.25, 0.3) is 5.69 Å². The lowest BCUT2D eigenvalue weighted by molar-refractivity contribution is -0.384. The number of nitrogen functional groups attached to an aromatic ring is 1. The highest BCUT2D eigenvalue weighted by Crippen LogP contribution is 2.34.